The first-order valence-electron chi connectivity index (χ1n) is 10.4. The Labute approximate surface area is 171 Å². The quantitative estimate of drug-likeness (QED) is 0.818. The molecule has 1 unspecified atom stereocenters. The van der Waals surface area contributed by atoms with Gasteiger partial charge in [0.25, 0.3) is 0 Å². The summed E-state index contributed by atoms with van der Waals surface area (Å²) in [4.78, 5) is 25.1. The van der Waals surface area contributed by atoms with E-state index in [9.17, 15) is 4.79 Å². The molecule has 0 radical (unpaired) electrons. The highest BCUT2D eigenvalue weighted by Crippen LogP contribution is 2.22. The van der Waals surface area contributed by atoms with Gasteiger partial charge in [0.2, 0.25) is 5.95 Å². The van der Waals surface area contributed by atoms with E-state index in [2.05, 4.69) is 20.3 Å². The zero-order chi connectivity index (χ0) is 20.2. The summed E-state index contributed by atoms with van der Waals surface area (Å²) in [7, 11) is 1.90. The third kappa shape index (κ3) is 4.67. The minimum Gasteiger partial charge on any atom is -0.450 e. The van der Waals surface area contributed by atoms with E-state index in [1.54, 1.807) is 9.58 Å². The highest BCUT2D eigenvalue weighted by molar-refractivity contribution is 5.67. The van der Waals surface area contributed by atoms with Gasteiger partial charge >= 0.3 is 6.09 Å². The molecule has 2 aromatic heterocycles. The molecule has 2 fully saturated rings. The first-order valence-corrected chi connectivity index (χ1v) is 10.4. The van der Waals surface area contributed by atoms with E-state index in [0.717, 1.165) is 62.6 Å². The van der Waals surface area contributed by atoms with Crippen molar-refractivity contribution < 1.29 is 9.53 Å². The molecule has 9 nitrogen and oxygen atoms in total. The lowest BCUT2D eigenvalue weighted by molar-refractivity contribution is 0.0944. The van der Waals surface area contributed by atoms with Gasteiger partial charge in [0.15, 0.2) is 0 Å². The maximum absolute atomic E-state index is 11.8. The van der Waals surface area contributed by atoms with Crippen LogP contribution in [-0.2, 0) is 11.8 Å². The highest BCUT2D eigenvalue weighted by Gasteiger charge is 2.29. The first kappa shape index (κ1) is 19.6. The van der Waals surface area contributed by atoms with Crippen LogP contribution < -0.4 is 10.2 Å². The summed E-state index contributed by atoms with van der Waals surface area (Å²) in [6.07, 6.45) is 8.40. The van der Waals surface area contributed by atoms with Crippen molar-refractivity contribution in [2.45, 2.75) is 38.3 Å². The lowest BCUT2D eigenvalue weighted by Crippen LogP contribution is -2.48. The minimum atomic E-state index is -0.191. The number of aromatic nitrogens is 4. The number of hydrogen-bond acceptors (Lipinski definition) is 7. The van der Waals surface area contributed by atoms with Crippen LogP contribution in [0.5, 0.6) is 0 Å². The molecule has 9 heteroatoms. The second-order valence-electron chi connectivity index (χ2n) is 7.70. The van der Waals surface area contributed by atoms with Crippen LogP contribution in [0.1, 0.15) is 26.2 Å². The van der Waals surface area contributed by atoms with E-state index in [-0.39, 0.29) is 6.09 Å². The third-order valence-electron chi connectivity index (χ3n) is 5.61. The summed E-state index contributed by atoms with van der Waals surface area (Å²) in [5.74, 6) is 0.771. The zero-order valence-electron chi connectivity index (χ0n) is 17.1. The Morgan fingerprint density at radius 3 is 2.76 bits per heavy atom. The standard InChI is InChI=1S/C20H29N7O2/c1-3-29-20(28)26-9-5-16(6-10-26)23-17-7-11-27(14-17)19-21-8-4-18(24-19)15-12-22-25(2)13-15/h4,8,12-13,16-17,23H,3,5-7,9-11,14H2,1-2H3. The summed E-state index contributed by atoms with van der Waals surface area (Å²) in [5, 5.41) is 7.99. The third-order valence-corrected chi connectivity index (χ3v) is 5.61. The molecule has 1 atom stereocenters. The summed E-state index contributed by atoms with van der Waals surface area (Å²) < 4.78 is 6.87. The molecule has 29 heavy (non-hydrogen) atoms. The van der Waals surface area contributed by atoms with E-state index in [4.69, 9.17) is 9.72 Å². The molecule has 0 aliphatic carbocycles. The van der Waals surface area contributed by atoms with Gasteiger partial charge in [-0.05, 0) is 32.3 Å². The number of carbonyl (C=O) groups excluding carboxylic acids is 1. The molecule has 2 saturated heterocycles. The van der Waals surface area contributed by atoms with Crippen molar-refractivity contribution in [2.75, 3.05) is 37.7 Å². The smallest absolute Gasteiger partial charge is 0.409 e. The van der Waals surface area contributed by atoms with Crippen molar-refractivity contribution in [3.8, 4) is 11.3 Å². The van der Waals surface area contributed by atoms with Crippen LogP contribution in [0.4, 0.5) is 10.7 Å². The van der Waals surface area contributed by atoms with Crippen molar-refractivity contribution in [3.05, 3.63) is 24.7 Å². The van der Waals surface area contributed by atoms with Crippen molar-refractivity contribution >= 4 is 12.0 Å². The molecular formula is C20H29N7O2. The Morgan fingerprint density at radius 1 is 1.24 bits per heavy atom. The van der Waals surface area contributed by atoms with Crippen molar-refractivity contribution in [1.82, 2.24) is 30.0 Å². The summed E-state index contributed by atoms with van der Waals surface area (Å²) in [5.41, 5.74) is 1.89. The van der Waals surface area contributed by atoms with Crippen LogP contribution in [0.2, 0.25) is 0 Å². The van der Waals surface area contributed by atoms with Gasteiger partial charge in [-0.1, -0.05) is 0 Å². The molecular weight excluding hydrogens is 370 g/mol. The predicted molar refractivity (Wildman–Crippen MR) is 110 cm³/mol. The van der Waals surface area contributed by atoms with E-state index >= 15 is 0 Å². The van der Waals surface area contributed by atoms with E-state index in [0.29, 0.717) is 18.7 Å². The number of ether oxygens (including phenoxy) is 1. The monoisotopic (exact) mass is 399 g/mol. The van der Waals surface area contributed by atoms with Gasteiger partial charge < -0.3 is 19.9 Å². The minimum absolute atomic E-state index is 0.191. The molecule has 0 aromatic carbocycles. The van der Waals surface area contributed by atoms with Crippen LogP contribution in [0.15, 0.2) is 24.7 Å². The molecule has 2 aliphatic rings. The Kier molecular flexibility index (Phi) is 5.94. The first-order chi connectivity index (χ1) is 14.1. The fourth-order valence-electron chi connectivity index (χ4n) is 4.07. The molecule has 2 aromatic rings. The number of aryl methyl sites for hydroxylation is 1. The average Bonchev–Trinajstić information content (AvgIpc) is 3.38. The van der Waals surface area contributed by atoms with Gasteiger partial charge in [-0.2, -0.15) is 5.10 Å². The number of carbonyl (C=O) groups is 1. The number of hydrogen-bond donors (Lipinski definition) is 1. The molecule has 0 bridgehead atoms. The molecule has 1 amide bonds. The zero-order valence-corrected chi connectivity index (χ0v) is 17.1. The van der Waals surface area contributed by atoms with E-state index in [1.165, 1.54) is 0 Å². The summed E-state index contributed by atoms with van der Waals surface area (Å²) in [6, 6.07) is 2.77. The number of piperidine rings is 1. The highest BCUT2D eigenvalue weighted by atomic mass is 16.6. The van der Waals surface area contributed by atoms with Gasteiger partial charge in [0.1, 0.15) is 0 Å². The van der Waals surface area contributed by atoms with E-state index < -0.39 is 0 Å². The second-order valence-corrected chi connectivity index (χ2v) is 7.70. The van der Waals surface area contributed by atoms with Gasteiger partial charge in [-0.15, -0.1) is 0 Å². The van der Waals surface area contributed by atoms with Crippen LogP contribution >= 0.6 is 0 Å². The van der Waals surface area contributed by atoms with Crippen molar-refractivity contribution in [1.29, 1.82) is 0 Å². The van der Waals surface area contributed by atoms with Gasteiger partial charge in [0, 0.05) is 63.3 Å². The van der Waals surface area contributed by atoms with Gasteiger partial charge in [0.05, 0.1) is 18.5 Å². The lowest BCUT2D eigenvalue weighted by Gasteiger charge is -2.33. The lowest BCUT2D eigenvalue weighted by atomic mass is 10.0. The Hall–Kier alpha value is -2.68. The van der Waals surface area contributed by atoms with Crippen LogP contribution in [0, 0.1) is 0 Å². The number of amides is 1. The number of nitrogens with zero attached hydrogens (tertiary/aromatic N) is 6. The summed E-state index contributed by atoms with van der Waals surface area (Å²) in [6.45, 7) is 5.62. The molecule has 4 heterocycles. The molecule has 156 valence electrons. The van der Waals surface area contributed by atoms with Gasteiger partial charge in [-0.25, -0.2) is 14.8 Å². The molecule has 0 spiro atoms. The fourth-order valence-corrected chi connectivity index (χ4v) is 4.07. The number of likely N-dealkylation sites (tertiary alicyclic amines) is 1. The Balaban J connectivity index is 1.29. The van der Waals surface area contributed by atoms with Gasteiger partial charge in [-0.3, -0.25) is 4.68 Å². The largest absolute Gasteiger partial charge is 0.450 e. The molecule has 2 aliphatic heterocycles. The van der Waals surface area contributed by atoms with Crippen molar-refractivity contribution in [2.24, 2.45) is 7.05 Å². The average molecular weight is 399 g/mol. The molecule has 0 saturated carbocycles. The molecule has 1 N–H and O–H groups in total. The number of nitrogens with one attached hydrogen (secondary N) is 1. The second kappa shape index (κ2) is 8.77. The normalized spacial score (nSPS) is 20.3. The SMILES string of the molecule is CCOC(=O)N1CCC(NC2CCN(c3nccc(-c4cnn(C)c4)n3)C2)CC1. The molecule has 4 rings (SSSR count). The van der Waals surface area contributed by atoms with Crippen LogP contribution in [-0.4, -0.2) is 75.6 Å². The van der Waals surface area contributed by atoms with E-state index in [1.807, 2.05) is 38.6 Å². The predicted octanol–water partition coefficient (Wildman–Crippen LogP) is 1.67. The maximum atomic E-state index is 11.8. The topological polar surface area (TPSA) is 88.4 Å². The van der Waals surface area contributed by atoms with Crippen molar-refractivity contribution in [3.63, 3.8) is 0 Å². The Morgan fingerprint density at radius 2 is 2.03 bits per heavy atom. The van der Waals surface area contributed by atoms with Crippen LogP contribution in [0.25, 0.3) is 11.3 Å². The van der Waals surface area contributed by atoms with Crippen LogP contribution in [0.3, 0.4) is 0 Å². The Bertz CT molecular complexity index is 832. The number of rotatable bonds is 5. The fraction of sp³-hybridized carbons (Fsp3) is 0.600. The maximum Gasteiger partial charge on any atom is 0.409 e. The number of anilines is 1. The summed E-state index contributed by atoms with van der Waals surface area (Å²) >= 11 is 0.